The molecule has 1 aliphatic heterocycles. The molecule has 1 fully saturated rings. The van der Waals surface area contributed by atoms with Crippen molar-refractivity contribution >= 4 is 34.9 Å². The largest absolute Gasteiger partial charge is 0.625 e. The van der Waals surface area contributed by atoms with Crippen LogP contribution in [0.25, 0.3) is 5.32 Å². The molecule has 0 aliphatic carbocycles. The molecule has 0 aromatic heterocycles. The summed E-state index contributed by atoms with van der Waals surface area (Å²) in [5.74, 6) is -1.12. The van der Waals surface area contributed by atoms with Gasteiger partial charge in [0.25, 0.3) is 0 Å². The molecule has 0 bridgehead atoms. The van der Waals surface area contributed by atoms with Gasteiger partial charge in [0.05, 0.1) is 29.6 Å². The first-order valence-electron chi connectivity index (χ1n) is 13.0. The Kier molecular flexibility index (Phi) is 10.9. The van der Waals surface area contributed by atoms with E-state index in [1.807, 2.05) is 67.6 Å². The molecule has 0 radical (unpaired) electrons. The fraction of sp³-hybridized carbons (Fsp3) is 0.323. The zero-order valence-corrected chi connectivity index (χ0v) is 23.9. The predicted octanol–water partition coefficient (Wildman–Crippen LogP) is 6.67. The van der Waals surface area contributed by atoms with E-state index in [9.17, 15) is 14.7 Å². The third-order valence-corrected chi connectivity index (χ3v) is 7.39. The number of carboxylic acid groups (broad SMARTS) is 1. The molecule has 8 heteroatoms. The molecular formula is C31H33ClN3NiO3-. The van der Waals surface area contributed by atoms with Crippen LogP contribution in [0.1, 0.15) is 49.8 Å². The van der Waals surface area contributed by atoms with Gasteiger partial charge in [-0.15, -0.1) is 5.69 Å². The van der Waals surface area contributed by atoms with Crippen LogP contribution in [0, 0.1) is 0 Å². The van der Waals surface area contributed by atoms with Gasteiger partial charge in [0.1, 0.15) is 0 Å². The molecule has 6 nitrogen and oxygen atoms in total. The van der Waals surface area contributed by atoms with E-state index in [1.54, 1.807) is 18.2 Å². The van der Waals surface area contributed by atoms with Crippen LogP contribution in [0.5, 0.6) is 0 Å². The Morgan fingerprint density at radius 2 is 1.74 bits per heavy atom. The predicted molar refractivity (Wildman–Crippen MR) is 153 cm³/mol. The second kappa shape index (κ2) is 13.9. The van der Waals surface area contributed by atoms with Gasteiger partial charge in [-0.3, -0.25) is 14.7 Å². The molecular weight excluding hydrogens is 557 g/mol. The first kappa shape index (κ1) is 30.6. The Morgan fingerprint density at radius 3 is 2.38 bits per heavy atom. The Hall–Kier alpha value is -2.99. The maximum absolute atomic E-state index is 13.6. The third-order valence-electron chi connectivity index (χ3n) is 7.15. The zero-order valence-electron chi connectivity index (χ0n) is 22.1. The van der Waals surface area contributed by atoms with Crippen LogP contribution in [-0.4, -0.2) is 52.3 Å². The van der Waals surface area contributed by atoms with Gasteiger partial charge in [-0.25, -0.2) is 0 Å². The van der Waals surface area contributed by atoms with Gasteiger partial charge in [-0.1, -0.05) is 85.3 Å². The monoisotopic (exact) mass is 588 g/mol. The molecule has 1 N–H and O–H groups in total. The van der Waals surface area contributed by atoms with Crippen molar-refractivity contribution in [3.63, 3.8) is 0 Å². The van der Waals surface area contributed by atoms with Crippen molar-refractivity contribution in [3.8, 4) is 0 Å². The van der Waals surface area contributed by atoms with Crippen LogP contribution in [0.3, 0.4) is 0 Å². The molecule has 208 valence electrons. The number of amides is 1. The number of carbonyl (C=O) groups excluding carboxylic acids is 1. The van der Waals surface area contributed by atoms with E-state index in [0.29, 0.717) is 28.4 Å². The first-order valence-corrected chi connectivity index (χ1v) is 13.4. The maximum Gasteiger partial charge on any atom is 0.305 e. The summed E-state index contributed by atoms with van der Waals surface area (Å²) in [6.45, 7) is 5.66. The smallest absolute Gasteiger partial charge is 0.305 e. The van der Waals surface area contributed by atoms with Crippen molar-refractivity contribution in [2.24, 2.45) is 4.99 Å². The van der Waals surface area contributed by atoms with E-state index in [4.69, 9.17) is 16.6 Å². The summed E-state index contributed by atoms with van der Waals surface area (Å²) < 4.78 is 0. The van der Waals surface area contributed by atoms with Gasteiger partial charge in [-0.05, 0) is 62.5 Å². The van der Waals surface area contributed by atoms with E-state index < -0.39 is 17.6 Å². The number of rotatable bonds is 10. The van der Waals surface area contributed by atoms with Crippen molar-refractivity contribution in [3.05, 3.63) is 106 Å². The van der Waals surface area contributed by atoms with Crippen molar-refractivity contribution in [1.82, 2.24) is 4.90 Å². The summed E-state index contributed by atoms with van der Waals surface area (Å²) in [4.78, 5) is 32.5. The Balaban J connectivity index is 0.00000420. The Labute approximate surface area is 245 Å². The number of hydrogen-bond acceptors (Lipinski definition) is 4. The number of hydrogen-bond donors (Lipinski definition) is 1. The van der Waals surface area contributed by atoms with Crippen LogP contribution >= 0.6 is 11.6 Å². The van der Waals surface area contributed by atoms with Crippen molar-refractivity contribution in [1.29, 1.82) is 0 Å². The molecule has 1 saturated heterocycles. The van der Waals surface area contributed by atoms with Crippen LogP contribution in [0.2, 0.25) is 5.02 Å². The third kappa shape index (κ3) is 7.57. The second-order valence-electron chi connectivity index (χ2n) is 9.82. The molecule has 4 rings (SSSR count). The molecule has 1 heterocycles. The van der Waals surface area contributed by atoms with Gasteiger partial charge in [0.2, 0.25) is 0 Å². The number of benzene rings is 3. The number of nitrogens with zero attached hydrogens (tertiary/aromatic N) is 3. The van der Waals surface area contributed by atoms with Gasteiger partial charge in [0.15, 0.2) is 0 Å². The minimum Gasteiger partial charge on any atom is -0.625 e. The van der Waals surface area contributed by atoms with Crippen molar-refractivity contribution < 1.29 is 31.2 Å². The first-order chi connectivity index (χ1) is 18.3. The summed E-state index contributed by atoms with van der Waals surface area (Å²) in [5, 5.41) is 14.8. The van der Waals surface area contributed by atoms with Gasteiger partial charge >= 0.3 is 5.97 Å². The molecule has 0 spiro atoms. The number of halogens is 1. The normalized spacial score (nSPS) is 18.3. The maximum atomic E-state index is 13.6. The molecule has 0 unspecified atom stereocenters. The van der Waals surface area contributed by atoms with E-state index in [-0.39, 0.29) is 28.8 Å². The summed E-state index contributed by atoms with van der Waals surface area (Å²) in [5.41, 5.74) is 2.77. The molecule has 0 saturated carbocycles. The zero-order chi connectivity index (χ0) is 27.1. The van der Waals surface area contributed by atoms with Gasteiger partial charge < -0.3 is 15.2 Å². The topological polar surface area (TPSA) is 84.1 Å². The van der Waals surface area contributed by atoms with Crippen LogP contribution in [0.4, 0.5) is 5.69 Å². The fourth-order valence-electron chi connectivity index (χ4n) is 5.12. The summed E-state index contributed by atoms with van der Waals surface area (Å²) in [6, 6.07) is 24.0. The second-order valence-corrected chi connectivity index (χ2v) is 10.3. The van der Waals surface area contributed by atoms with E-state index >= 15 is 0 Å². The molecule has 3 aromatic carbocycles. The van der Waals surface area contributed by atoms with Crippen LogP contribution in [0.15, 0.2) is 83.9 Å². The van der Waals surface area contributed by atoms with Crippen LogP contribution < -0.4 is 0 Å². The van der Waals surface area contributed by atoms with E-state index in [1.165, 1.54) is 0 Å². The Bertz CT molecular complexity index is 1300. The summed E-state index contributed by atoms with van der Waals surface area (Å²) >= 11 is 6.45. The van der Waals surface area contributed by atoms with Crippen molar-refractivity contribution in [2.45, 2.75) is 51.1 Å². The number of aliphatic carboxylic acids is 1. The van der Waals surface area contributed by atoms with E-state index in [2.05, 4.69) is 17.1 Å². The SMILES string of the molecule is CCN1CCC[C@]1(C)C(=O)[N-]c1ccc(Cl)cc1C(=N[C@@H](CC(=O)O)Cc1ccccc1)c1ccccc1.[Ni]. The summed E-state index contributed by atoms with van der Waals surface area (Å²) in [6.07, 6.45) is 2.02. The van der Waals surface area contributed by atoms with Crippen molar-refractivity contribution in [2.75, 3.05) is 13.1 Å². The fourth-order valence-corrected chi connectivity index (χ4v) is 5.30. The standard InChI is InChI=1S/C31H34ClN3O3.Ni/c1-3-35-18-10-17-31(35,2)30(38)34-27-16-15-24(32)20-26(27)29(23-13-8-5-9-14-23)33-25(21-28(36)37)19-22-11-6-4-7-12-22;/h4-9,11-16,20,25H,3,10,17-19,21H2,1-2H3,(H2,33,34,36,37,38);/p-1/t25-,31-;/m1./s1. The quantitative estimate of drug-likeness (QED) is 0.212. The Morgan fingerprint density at radius 1 is 1.08 bits per heavy atom. The molecule has 1 aliphatic rings. The number of likely N-dealkylation sites (N-methyl/N-ethyl adjacent to an activating group) is 1. The van der Waals surface area contributed by atoms with E-state index in [0.717, 1.165) is 37.1 Å². The number of carbonyl (C=O) groups is 2. The number of aliphatic imine (C=N–C) groups is 1. The molecule has 2 atom stereocenters. The number of likely N-dealkylation sites (tertiary alicyclic amines) is 1. The minimum atomic E-state index is -0.929. The molecule has 3 aromatic rings. The molecule has 1 amide bonds. The average Bonchev–Trinajstić information content (AvgIpc) is 3.30. The average molecular weight is 590 g/mol. The van der Waals surface area contributed by atoms with Gasteiger partial charge in [0, 0.05) is 27.1 Å². The number of carboxylic acids is 1. The van der Waals surface area contributed by atoms with Crippen LogP contribution in [-0.2, 0) is 32.5 Å². The molecule has 39 heavy (non-hydrogen) atoms. The summed E-state index contributed by atoms with van der Waals surface area (Å²) in [7, 11) is 0. The van der Waals surface area contributed by atoms with Gasteiger partial charge in [-0.2, -0.15) is 0 Å². The minimum absolute atomic E-state index is 0.